The predicted molar refractivity (Wildman–Crippen MR) is 88.3 cm³/mol. The number of nitrogens with zero attached hydrogens (tertiary/aromatic N) is 1. The molecule has 0 unspecified atom stereocenters. The van der Waals surface area contributed by atoms with E-state index in [4.69, 9.17) is 11.6 Å². The number of anilines is 1. The summed E-state index contributed by atoms with van der Waals surface area (Å²) in [6.45, 7) is 2.62. The maximum atomic E-state index is 11.7. The third kappa shape index (κ3) is 4.81. The number of halogens is 1. The highest BCUT2D eigenvalue weighted by Gasteiger charge is 2.11. The van der Waals surface area contributed by atoms with Crippen LogP contribution in [0.25, 0.3) is 0 Å². The van der Waals surface area contributed by atoms with E-state index in [1.165, 1.54) is 11.3 Å². The van der Waals surface area contributed by atoms with E-state index in [-0.39, 0.29) is 5.91 Å². The molecule has 6 heteroatoms. The molecule has 4 nitrogen and oxygen atoms in total. The third-order valence-electron chi connectivity index (χ3n) is 2.99. The number of benzene rings is 1. The quantitative estimate of drug-likeness (QED) is 0.858. The monoisotopic (exact) mass is 323 g/mol. The Labute approximate surface area is 133 Å². The minimum Gasteiger partial charge on any atom is -0.319 e. The number of aromatic nitrogens is 1. The Morgan fingerprint density at radius 3 is 2.95 bits per heavy atom. The summed E-state index contributed by atoms with van der Waals surface area (Å²) in [4.78, 5) is 17.2. The summed E-state index contributed by atoms with van der Waals surface area (Å²) in [6, 6.07) is 7.79. The van der Waals surface area contributed by atoms with Crippen molar-refractivity contribution in [3.8, 4) is 0 Å². The second-order valence-corrected chi connectivity index (χ2v) is 6.26. The molecule has 2 N–H and O–H groups in total. The Hall–Kier alpha value is -1.43. The fraction of sp³-hybridized carbons (Fsp3) is 0.333. The van der Waals surface area contributed by atoms with Gasteiger partial charge < -0.3 is 10.6 Å². The first-order valence-corrected chi connectivity index (χ1v) is 7.93. The van der Waals surface area contributed by atoms with E-state index >= 15 is 0 Å². The maximum Gasteiger partial charge on any atom is 0.227 e. The molecule has 0 saturated carbocycles. The van der Waals surface area contributed by atoms with Crippen molar-refractivity contribution in [3.05, 3.63) is 45.4 Å². The van der Waals surface area contributed by atoms with Gasteiger partial charge in [0, 0.05) is 29.3 Å². The van der Waals surface area contributed by atoms with Crippen molar-refractivity contribution in [2.24, 2.45) is 0 Å². The minimum atomic E-state index is -0.0209. The molecule has 1 heterocycles. The number of thiazole rings is 1. The summed E-state index contributed by atoms with van der Waals surface area (Å²) >= 11 is 7.51. The first kappa shape index (κ1) is 15.9. The van der Waals surface area contributed by atoms with E-state index in [9.17, 15) is 4.79 Å². The summed E-state index contributed by atoms with van der Waals surface area (Å²) < 4.78 is 0. The van der Waals surface area contributed by atoms with Crippen molar-refractivity contribution in [2.45, 2.75) is 19.8 Å². The minimum absolute atomic E-state index is 0.0209. The first-order valence-electron chi connectivity index (χ1n) is 6.73. The Morgan fingerprint density at radius 2 is 2.24 bits per heavy atom. The predicted octanol–water partition coefficient (Wildman–Crippen LogP) is 3.24. The summed E-state index contributed by atoms with van der Waals surface area (Å²) in [5.41, 5.74) is 2.09. The number of carbonyl (C=O) groups is 1. The van der Waals surface area contributed by atoms with Gasteiger partial charge in [0.15, 0.2) is 5.13 Å². The lowest BCUT2D eigenvalue weighted by molar-refractivity contribution is -0.116. The van der Waals surface area contributed by atoms with Crippen molar-refractivity contribution in [2.75, 3.05) is 18.9 Å². The number of hydrogen-bond donors (Lipinski definition) is 2. The topological polar surface area (TPSA) is 54.0 Å². The lowest BCUT2D eigenvalue weighted by Gasteiger charge is -2.01. The van der Waals surface area contributed by atoms with Crippen LogP contribution in [0.2, 0.25) is 5.02 Å². The molecule has 0 saturated heterocycles. The molecule has 0 aliphatic rings. The number of amides is 1. The van der Waals surface area contributed by atoms with E-state index in [2.05, 4.69) is 15.6 Å². The average molecular weight is 324 g/mol. The average Bonchev–Trinajstić information content (AvgIpc) is 2.76. The van der Waals surface area contributed by atoms with E-state index in [1.807, 2.05) is 38.2 Å². The SMILES string of the molecule is CNCCC(=O)Nc1nc(C)c(Cc2cccc(Cl)c2)s1. The van der Waals surface area contributed by atoms with Crippen LogP contribution in [0.1, 0.15) is 22.6 Å². The molecule has 1 aromatic heterocycles. The lowest BCUT2D eigenvalue weighted by Crippen LogP contribution is -2.18. The second-order valence-electron chi connectivity index (χ2n) is 4.74. The van der Waals surface area contributed by atoms with Crippen LogP contribution in [0, 0.1) is 6.92 Å². The fourth-order valence-corrected chi connectivity index (χ4v) is 3.12. The molecule has 2 aromatic rings. The van der Waals surface area contributed by atoms with E-state index < -0.39 is 0 Å². The van der Waals surface area contributed by atoms with Gasteiger partial charge in [0.05, 0.1) is 5.69 Å². The van der Waals surface area contributed by atoms with Gasteiger partial charge in [-0.1, -0.05) is 23.7 Å². The molecule has 112 valence electrons. The smallest absolute Gasteiger partial charge is 0.227 e. The maximum absolute atomic E-state index is 11.7. The van der Waals surface area contributed by atoms with Gasteiger partial charge in [0.25, 0.3) is 0 Å². The molecule has 0 radical (unpaired) electrons. The van der Waals surface area contributed by atoms with Gasteiger partial charge in [-0.15, -0.1) is 11.3 Å². The van der Waals surface area contributed by atoms with E-state index in [1.54, 1.807) is 0 Å². The van der Waals surface area contributed by atoms with E-state index in [0.717, 1.165) is 27.6 Å². The number of hydrogen-bond acceptors (Lipinski definition) is 4. The van der Waals surface area contributed by atoms with Gasteiger partial charge in [0.2, 0.25) is 5.91 Å². The van der Waals surface area contributed by atoms with Gasteiger partial charge in [0.1, 0.15) is 0 Å². The first-order chi connectivity index (χ1) is 10.1. The summed E-state index contributed by atoms with van der Waals surface area (Å²) in [6.07, 6.45) is 1.22. The number of carbonyl (C=O) groups excluding carboxylic acids is 1. The van der Waals surface area contributed by atoms with Crippen LogP contribution in [-0.4, -0.2) is 24.5 Å². The number of nitrogens with one attached hydrogen (secondary N) is 2. The van der Waals surface area contributed by atoms with Gasteiger partial charge in [-0.2, -0.15) is 0 Å². The fourth-order valence-electron chi connectivity index (χ4n) is 1.90. The molecule has 21 heavy (non-hydrogen) atoms. The molecule has 2 rings (SSSR count). The zero-order chi connectivity index (χ0) is 15.2. The molecule has 0 bridgehead atoms. The van der Waals surface area contributed by atoms with Crippen LogP contribution in [0.3, 0.4) is 0 Å². The Morgan fingerprint density at radius 1 is 1.43 bits per heavy atom. The van der Waals surface area contributed by atoms with Crippen molar-refractivity contribution in [1.82, 2.24) is 10.3 Å². The van der Waals surface area contributed by atoms with Gasteiger partial charge in [-0.3, -0.25) is 4.79 Å². The molecule has 0 fully saturated rings. The Bertz CT molecular complexity index is 627. The van der Waals surface area contributed by atoms with Crippen LogP contribution in [0.5, 0.6) is 0 Å². The normalized spacial score (nSPS) is 10.6. The molecule has 0 aliphatic heterocycles. The van der Waals surface area contributed by atoms with Crippen LogP contribution < -0.4 is 10.6 Å². The molecular formula is C15H18ClN3OS. The molecule has 0 aliphatic carbocycles. The van der Waals surface area contributed by atoms with Crippen LogP contribution in [0.4, 0.5) is 5.13 Å². The van der Waals surface area contributed by atoms with Crippen molar-refractivity contribution >= 4 is 34.0 Å². The Kier molecular flexibility index (Phi) is 5.73. The van der Waals surface area contributed by atoms with Gasteiger partial charge >= 0.3 is 0 Å². The molecule has 0 spiro atoms. The standard InChI is InChI=1S/C15H18ClN3OS/c1-10-13(9-11-4-3-5-12(16)8-11)21-15(18-10)19-14(20)6-7-17-2/h3-5,8,17H,6-7,9H2,1-2H3,(H,18,19,20). The highest BCUT2D eigenvalue weighted by Crippen LogP contribution is 2.26. The van der Waals surface area contributed by atoms with Crippen LogP contribution in [-0.2, 0) is 11.2 Å². The van der Waals surface area contributed by atoms with Gasteiger partial charge in [-0.05, 0) is 31.7 Å². The zero-order valence-electron chi connectivity index (χ0n) is 12.1. The second kappa shape index (κ2) is 7.54. The molecule has 1 aromatic carbocycles. The number of rotatable bonds is 6. The summed E-state index contributed by atoms with van der Waals surface area (Å²) in [5.74, 6) is -0.0209. The van der Waals surface area contributed by atoms with Crippen molar-refractivity contribution < 1.29 is 4.79 Å². The van der Waals surface area contributed by atoms with Crippen molar-refractivity contribution in [1.29, 1.82) is 0 Å². The Balaban J connectivity index is 2.03. The highest BCUT2D eigenvalue weighted by atomic mass is 35.5. The molecule has 1 amide bonds. The van der Waals surface area contributed by atoms with Gasteiger partial charge in [-0.25, -0.2) is 4.98 Å². The highest BCUT2D eigenvalue weighted by molar-refractivity contribution is 7.15. The molecule has 0 atom stereocenters. The zero-order valence-corrected chi connectivity index (χ0v) is 13.6. The summed E-state index contributed by atoms with van der Waals surface area (Å²) in [5, 5.41) is 7.18. The van der Waals surface area contributed by atoms with Crippen LogP contribution >= 0.6 is 22.9 Å². The van der Waals surface area contributed by atoms with Crippen LogP contribution in [0.15, 0.2) is 24.3 Å². The van der Waals surface area contributed by atoms with Crippen molar-refractivity contribution in [3.63, 3.8) is 0 Å². The van der Waals surface area contributed by atoms with E-state index in [0.29, 0.717) is 18.1 Å². The molecular weight excluding hydrogens is 306 g/mol. The summed E-state index contributed by atoms with van der Waals surface area (Å²) in [7, 11) is 1.82. The largest absolute Gasteiger partial charge is 0.319 e. The third-order valence-corrected chi connectivity index (χ3v) is 4.30. The lowest BCUT2D eigenvalue weighted by atomic mass is 10.1. The number of aryl methyl sites for hydroxylation is 1.